The molecule has 6 nitrogen and oxygen atoms in total. The first-order valence-electron chi connectivity index (χ1n) is 8.39. The van der Waals surface area contributed by atoms with Crippen LogP contribution in [0.25, 0.3) is 0 Å². The zero-order valence-corrected chi connectivity index (χ0v) is 16.0. The Morgan fingerprint density at radius 1 is 1.00 bits per heavy atom. The number of hydrogen-bond donors (Lipinski definition) is 2. The number of sulfonamides is 1. The average Bonchev–Trinajstić information content (AvgIpc) is 2.68. The summed E-state index contributed by atoms with van der Waals surface area (Å²) < 4.78 is 32.4. The molecule has 1 heterocycles. The second-order valence-corrected chi connectivity index (χ2v) is 7.68. The molecule has 0 aliphatic rings. The fraction of sp³-hybridized carbons (Fsp3) is 0.150. The summed E-state index contributed by atoms with van der Waals surface area (Å²) in [5, 5.41) is 3.23. The predicted molar refractivity (Wildman–Crippen MR) is 107 cm³/mol. The number of aromatic nitrogens is 1. The Morgan fingerprint density at radius 3 is 2.37 bits per heavy atom. The van der Waals surface area contributed by atoms with Gasteiger partial charge in [-0.15, -0.1) is 0 Å². The van der Waals surface area contributed by atoms with Gasteiger partial charge in [0.2, 0.25) is 0 Å². The molecule has 0 aliphatic carbocycles. The van der Waals surface area contributed by atoms with E-state index in [1.807, 2.05) is 12.1 Å². The number of benzene rings is 2. The fourth-order valence-corrected chi connectivity index (χ4v) is 3.57. The largest absolute Gasteiger partial charge is 0.497 e. The first-order chi connectivity index (χ1) is 13.0. The lowest BCUT2D eigenvalue weighted by atomic mass is 10.1. The highest BCUT2D eigenvalue weighted by molar-refractivity contribution is 7.92. The summed E-state index contributed by atoms with van der Waals surface area (Å²) in [7, 11) is -2.15. The second kappa shape index (κ2) is 8.09. The summed E-state index contributed by atoms with van der Waals surface area (Å²) in [5.74, 6) is 1.27. The third-order valence-electron chi connectivity index (χ3n) is 4.11. The van der Waals surface area contributed by atoms with Crippen LogP contribution in [0.1, 0.15) is 11.1 Å². The summed E-state index contributed by atoms with van der Waals surface area (Å²) in [4.78, 5) is 4.43. The minimum absolute atomic E-state index is 0.157. The Kier molecular flexibility index (Phi) is 5.61. The van der Waals surface area contributed by atoms with E-state index in [-0.39, 0.29) is 4.90 Å². The third-order valence-corrected chi connectivity index (χ3v) is 5.50. The SMILES string of the molecule is COc1ccc(S(=O)(=O)Nc2ccc(NCc3ccccc3C)nc2)cc1. The Labute approximate surface area is 159 Å². The lowest BCUT2D eigenvalue weighted by molar-refractivity contribution is 0.414. The van der Waals surface area contributed by atoms with Gasteiger partial charge in [-0.3, -0.25) is 4.72 Å². The number of nitrogens with one attached hydrogen (secondary N) is 2. The number of hydrogen-bond acceptors (Lipinski definition) is 5. The van der Waals surface area contributed by atoms with E-state index in [4.69, 9.17) is 4.74 Å². The van der Waals surface area contributed by atoms with Crippen LogP contribution in [0.2, 0.25) is 0 Å². The van der Waals surface area contributed by atoms with Crippen LogP contribution in [-0.2, 0) is 16.6 Å². The summed E-state index contributed by atoms with van der Waals surface area (Å²) in [5.41, 5.74) is 2.78. The monoisotopic (exact) mass is 383 g/mol. The molecule has 27 heavy (non-hydrogen) atoms. The lowest BCUT2D eigenvalue weighted by Gasteiger charge is -2.10. The molecule has 7 heteroatoms. The molecule has 0 spiro atoms. The molecule has 140 valence electrons. The van der Waals surface area contributed by atoms with Crippen LogP contribution in [0.4, 0.5) is 11.5 Å². The molecule has 2 aromatic carbocycles. The van der Waals surface area contributed by atoms with Crippen LogP contribution in [0.15, 0.2) is 71.8 Å². The van der Waals surface area contributed by atoms with Gasteiger partial charge in [0, 0.05) is 6.54 Å². The number of ether oxygens (including phenoxy) is 1. The maximum absolute atomic E-state index is 12.4. The zero-order valence-electron chi connectivity index (χ0n) is 15.1. The van der Waals surface area contributed by atoms with Crippen molar-refractivity contribution >= 4 is 21.5 Å². The van der Waals surface area contributed by atoms with Gasteiger partial charge in [-0.25, -0.2) is 13.4 Å². The molecular formula is C20H21N3O3S. The van der Waals surface area contributed by atoms with Gasteiger partial charge >= 0.3 is 0 Å². The van der Waals surface area contributed by atoms with Gasteiger partial charge in [-0.2, -0.15) is 0 Å². The van der Waals surface area contributed by atoms with Gasteiger partial charge < -0.3 is 10.1 Å². The smallest absolute Gasteiger partial charge is 0.261 e. The average molecular weight is 383 g/mol. The Balaban J connectivity index is 1.65. The third kappa shape index (κ3) is 4.77. The maximum Gasteiger partial charge on any atom is 0.261 e. The minimum Gasteiger partial charge on any atom is -0.497 e. The van der Waals surface area contributed by atoms with E-state index in [0.29, 0.717) is 23.8 Å². The lowest BCUT2D eigenvalue weighted by Crippen LogP contribution is -2.13. The zero-order chi connectivity index (χ0) is 19.3. The van der Waals surface area contributed by atoms with E-state index in [1.165, 1.54) is 36.6 Å². The first-order valence-corrected chi connectivity index (χ1v) is 9.87. The van der Waals surface area contributed by atoms with Crippen molar-refractivity contribution in [2.45, 2.75) is 18.4 Å². The molecule has 3 rings (SSSR count). The number of nitrogens with zero attached hydrogens (tertiary/aromatic N) is 1. The number of anilines is 2. The first kappa shape index (κ1) is 18.7. The van der Waals surface area contributed by atoms with E-state index in [9.17, 15) is 8.42 Å². The summed E-state index contributed by atoms with van der Waals surface area (Å²) in [6.45, 7) is 2.71. The topological polar surface area (TPSA) is 80.3 Å². The van der Waals surface area contributed by atoms with Crippen LogP contribution in [0.3, 0.4) is 0 Å². The van der Waals surface area contributed by atoms with Crippen molar-refractivity contribution in [1.82, 2.24) is 4.98 Å². The number of pyridine rings is 1. The second-order valence-electron chi connectivity index (χ2n) is 5.99. The van der Waals surface area contributed by atoms with Crippen molar-refractivity contribution in [3.8, 4) is 5.75 Å². The molecule has 1 aromatic heterocycles. The molecule has 0 atom stereocenters. The standard InChI is InChI=1S/C20H21N3O3S/c1-15-5-3-4-6-16(15)13-21-20-12-7-17(14-22-20)23-27(24,25)19-10-8-18(26-2)9-11-19/h3-12,14,23H,13H2,1-2H3,(H,21,22). The van der Waals surface area contributed by atoms with Crippen molar-refractivity contribution in [1.29, 1.82) is 0 Å². The van der Waals surface area contributed by atoms with Crippen LogP contribution in [0.5, 0.6) is 5.75 Å². The molecule has 0 bridgehead atoms. The molecule has 0 fully saturated rings. The van der Waals surface area contributed by atoms with Crippen LogP contribution in [-0.4, -0.2) is 20.5 Å². The Morgan fingerprint density at radius 2 is 1.74 bits per heavy atom. The molecule has 0 saturated heterocycles. The highest BCUT2D eigenvalue weighted by atomic mass is 32.2. The maximum atomic E-state index is 12.4. The summed E-state index contributed by atoms with van der Waals surface area (Å²) in [6.07, 6.45) is 1.49. The Bertz CT molecular complexity index is 1000. The van der Waals surface area contributed by atoms with Crippen molar-refractivity contribution in [2.75, 3.05) is 17.1 Å². The van der Waals surface area contributed by atoms with E-state index >= 15 is 0 Å². The molecule has 0 radical (unpaired) electrons. The van der Waals surface area contributed by atoms with Gasteiger partial charge in [-0.1, -0.05) is 24.3 Å². The number of aryl methyl sites for hydroxylation is 1. The molecular weight excluding hydrogens is 362 g/mol. The predicted octanol–water partition coefficient (Wildman–Crippen LogP) is 3.81. The van der Waals surface area contributed by atoms with E-state index in [2.05, 4.69) is 34.1 Å². The summed E-state index contributed by atoms with van der Waals surface area (Å²) >= 11 is 0. The van der Waals surface area contributed by atoms with E-state index in [1.54, 1.807) is 24.3 Å². The molecule has 0 unspecified atom stereocenters. The summed E-state index contributed by atoms with van der Waals surface area (Å²) in [6, 6.07) is 17.7. The van der Waals surface area contributed by atoms with Crippen LogP contribution >= 0.6 is 0 Å². The molecule has 0 aliphatic heterocycles. The molecule has 0 amide bonds. The highest BCUT2D eigenvalue weighted by Crippen LogP contribution is 2.19. The van der Waals surface area contributed by atoms with E-state index in [0.717, 1.165) is 0 Å². The van der Waals surface area contributed by atoms with Gasteiger partial charge in [-0.05, 0) is 54.4 Å². The van der Waals surface area contributed by atoms with Gasteiger partial charge in [0.05, 0.1) is 23.9 Å². The number of rotatable bonds is 7. The molecule has 0 saturated carbocycles. The van der Waals surface area contributed by atoms with Gasteiger partial charge in [0.1, 0.15) is 11.6 Å². The molecule has 3 aromatic rings. The van der Waals surface area contributed by atoms with Gasteiger partial charge in [0.25, 0.3) is 10.0 Å². The minimum atomic E-state index is -3.68. The number of methoxy groups -OCH3 is 1. The fourth-order valence-electron chi connectivity index (χ4n) is 2.52. The van der Waals surface area contributed by atoms with Crippen molar-refractivity contribution in [3.63, 3.8) is 0 Å². The van der Waals surface area contributed by atoms with Crippen molar-refractivity contribution in [2.24, 2.45) is 0 Å². The quantitative estimate of drug-likeness (QED) is 0.648. The van der Waals surface area contributed by atoms with E-state index < -0.39 is 10.0 Å². The highest BCUT2D eigenvalue weighted by Gasteiger charge is 2.14. The Hall–Kier alpha value is -3.06. The normalized spacial score (nSPS) is 11.0. The van der Waals surface area contributed by atoms with Crippen molar-refractivity contribution in [3.05, 3.63) is 78.0 Å². The van der Waals surface area contributed by atoms with Crippen LogP contribution < -0.4 is 14.8 Å². The molecule has 2 N–H and O–H groups in total. The van der Waals surface area contributed by atoms with Crippen molar-refractivity contribution < 1.29 is 13.2 Å². The van der Waals surface area contributed by atoms with Gasteiger partial charge in [0.15, 0.2) is 0 Å². The van der Waals surface area contributed by atoms with Crippen LogP contribution in [0, 0.1) is 6.92 Å².